The van der Waals surface area contributed by atoms with E-state index in [0.717, 1.165) is 5.69 Å². The number of nitrogens with zero attached hydrogens (tertiary/aromatic N) is 3. The average molecular weight is 380 g/mol. The Balaban J connectivity index is 1.35. The summed E-state index contributed by atoms with van der Waals surface area (Å²) in [6.07, 6.45) is 4.69. The number of pyridine rings is 1. The van der Waals surface area contributed by atoms with Crippen molar-refractivity contribution in [1.82, 2.24) is 15.2 Å². The standard InChI is InChI=1S/C20H20N4O4/c25-19(22-14-16-3-1-11-27-16)17-13-15(5-6-21-17)23-7-9-24(10-8-23)20(26)18-4-2-12-28-18/h1-6,11-13H,7-10,14H2,(H,22,25). The summed E-state index contributed by atoms with van der Waals surface area (Å²) in [4.78, 5) is 32.8. The Morgan fingerprint density at radius 1 is 1.04 bits per heavy atom. The van der Waals surface area contributed by atoms with Gasteiger partial charge in [0.15, 0.2) is 5.76 Å². The van der Waals surface area contributed by atoms with Crippen LogP contribution in [0.15, 0.2) is 64.0 Å². The lowest BCUT2D eigenvalue weighted by Crippen LogP contribution is -2.48. The minimum atomic E-state index is -0.259. The van der Waals surface area contributed by atoms with E-state index >= 15 is 0 Å². The zero-order valence-corrected chi connectivity index (χ0v) is 15.2. The van der Waals surface area contributed by atoms with Crippen LogP contribution in [-0.4, -0.2) is 47.9 Å². The van der Waals surface area contributed by atoms with Gasteiger partial charge in [0.1, 0.15) is 11.5 Å². The van der Waals surface area contributed by atoms with Gasteiger partial charge in [-0.15, -0.1) is 0 Å². The van der Waals surface area contributed by atoms with E-state index in [1.807, 2.05) is 6.07 Å². The van der Waals surface area contributed by atoms with Crippen LogP contribution >= 0.6 is 0 Å². The first kappa shape index (κ1) is 17.8. The fourth-order valence-corrected chi connectivity index (χ4v) is 3.14. The third-order valence-electron chi connectivity index (χ3n) is 4.64. The SMILES string of the molecule is O=C(NCc1ccco1)c1cc(N2CCN(C(=O)c3ccco3)CC2)ccn1. The van der Waals surface area contributed by atoms with Crippen molar-refractivity contribution in [2.24, 2.45) is 0 Å². The van der Waals surface area contributed by atoms with Crippen LogP contribution in [0.2, 0.25) is 0 Å². The Morgan fingerprint density at radius 2 is 1.82 bits per heavy atom. The second-order valence-corrected chi connectivity index (χ2v) is 6.42. The molecule has 0 bridgehead atoms. The van der Waals surface area contributed by atoms with E-state index in [2.05, 4.69) is 15.2 Å². The quantitative estimate of drug-likeness (QED) is 0.729. The number of amides is 2. The number of aromatic nitrogens is 1. The number of carbonyl (C=O) groups is 2. The zero-order valence-electron chi connectivity index (χ0n) is 15.2. The molecule has 0 radical (unpaired) electrons. The van der Waals surface area contributed by atoms with E-state index in [1.54, 1.807) is 47.7 Å². The number of furan rings is 2. The molecule has 8 nitrogen and oxygen atoms in total. The molecule has 28 heavy (non-hydrogen) atoms. The largest absolute Gasteiger partial charge is 0.467 e. The van der Waals surface area contributed by atoms with Gasteiger partial charge < -0.3 is 24.0 Å². The Morgan fingerprint density at radius 3 is 2.54 bits per heavy atom. The van der Waals surface area contributed by atoms with Crippen LogP contribution in [-0.2, 0) is 6.54 Å². The topological polar surface area (TPSA) is 91.8 Å². The van der Waals surface area contributed by atoms with E-state index in [-0.39, 0.29) is 11.8 Å². The molecule has 4 rings (SSSR count). The van der Waals surface area contributed by atoms with Gasteiger partial charge in [0.25, 0.3) is 11.8 Å². The summed E-state index contributed by atoms with van der Waals surface area (Å²) in [7, 11) is 0. The predicted octanol–water partition coefficient (Wildman–Crippen LogP) is 2.16. The van der Waals surface area contributed by atoms with Crippen molar-refractivity contribution in [3.8, 4) is 0 Å². The van der Waals surface area contributed by atoms with Gasteiger partial charge in [0.05, 0.1) is 19.1 Å². The van der Waals surface area contributed by atoms with Crippen molar-refractivity contribution >= 4 is 17.5 Å². The minimum absolute atomic E-state index is 0.0997. The molecule has 3 aromatic rings. The molecule has 0 spiro atoms. The molecule has 1 N–H and O–H groups in total. The van der Waals surface area contributed by atoms with E-state index in [1.165, 1.54) is 6.26 Å². The molecule has 144 valence electrons. The second kappa shape index (κ2) is 7.99. The van der Waals surface area contributed by atoms with Crippen LogP contribution in [0.1, 0.15) is 26.8 Å². The maximum atomic E-state index is 12.4. The van der Waals surface area contributed by atoms with E-state index < -0.39 is 0 Å². The maximum absolute atomic E-state index is 12.4. The monoisotopic (exact) mass is 380 g/mol. The van der Waals surface area contributed by atoms with Crippen LogP contribution in [0, 0.1) is 0 Å². The summed E-state index contributed by atoms with van der Waals surface area (Å²) in [5.74, 6) is 0.678. The van der Waals surface area contributed by atoms with Gasteiger partial charge in [0, 0.05) is 38.1 Å². The highest BCUT2D eigenvalue weighted by Crippen LogP contribution is 2.18. The summed E-state index contributed by atoms with van der Waals surface area (Å²) in [5.41, 5.74) is 1.25. The molecule has 2 amide bonds. The number of nitrogens with one attached hydrogen (secondary N) is 1. The number of rotatable bonds is 5. The van der Waals surface area contributed by atoms with Crippen molar-refractivity contribution in [3.05, 3.63) is 72.3 Å². The fraction of sp³-hybridized carbons (Fsp3) is 0.250. The summed E-state index contributed by atoms with van der Waals surface area (Å²) >= 11 is 0. The molecular formula is C20H20N4O4. The maximum Gasteiger partial charge on any atom is 0.289 e. The Labute approximate surface area is 161 Å². The first-order valence-electron chi connectivity index (χ1n) is 9.05. The molecule has 0 saturated carbocycles. The van der Waals surface area contributed by atoms with Gasteiger partial charge in [0.2, 0.25) is 0 Å². The Kier molecular flexibility index (Phi) is 5.09. The second-order valence-electron chi connectivity index (χ2n) is 6.42. The molecule has 1 aliphatic rings. The summed E-state index contributed by atoms with van der Waals surface area (Å²) in [6, 6.07) is 10.6. The molecule has 8 heteroatoms. The lowest BCUT2D eigenvalue weighted by atomic mass is 10.2. The Bertz CT molecular complexity index is 929. The lowest BCUT2D eigenvalue weighted by molar-refractivity contribution is 0.0714. The van der Waals surface area contributed by atoms with Crippen LogP contribution in [0.25, 0.3) is 0 Å². The summed E-state index contributed by atoms with van der Waals surface area (Å²) in [5, 5.41) is 2.79. The third kappa shape index (κ3) is 3.90. The summed E-state index contributed by atoms with van der Waals surface area (Å²) in [6.45, 7) is 2.82. The highest BCUT2D eigenvalue weighted by atomic mass is 16.3. The van der Waals surface area contributed by atoms with Crippen molar-refractivity contribution in [2.75, 3.05) is 31.1 Å². The molecule has 1 saturated heterocycles. The van der Waals surface area contributed by atoms with Crippen molar-refractivity contribution in [1.29, 1.82) is 0 Å². The summed E-state index contributed by atoms with van der Waals surface area (Å²) < 4.78 is 10.4. The lowest BCUT2D eigenvalue weighted by Gasteiger charge is -2.35. The molecule has 0 aliphatic carbocycles. The van der Waals surface area contributed by atoms with Gasteiger partial charge in [-0.05, 0) is 36.4 Å². The van der Waals surface area contributed by atoms with Crippen molar-refractivity contribution < 1.29 is 18.4 Å². The first-order valence-corrected chi connectivity index (χ1v) is 9.05. The smallest absolute Gasteiger partial charge is 0.289 e. The zero-order chi connectivity index (χ0) is 19.3. The Hall–Kier alpha value is -3.55. The number of carbonyl (C=O) groups excluding carboxylic acids is 2. The van der Waals surface area contributed by atoms with Crippen LogP contribution in [0.5, 0.6) is 0 Å². The van der Waals surface area contributed by atoms with E-state index in [4.69, 9.17) is 8.83 Å². The predicted molar refractivity (Wildman–Crippen MR) is 101 cm³/mol. The van der Waals surface area contributed by atoms with Crippen molar-refractivity contribution in [3.63, 3.8) is 0 Å². The first-order chi connectivity index (χ1) is 13.7. The van der Waals surface area contributed by atoms with Gasteiger partial charge in [-0.25, -0.2) is 0 Å². The average Bonchev–Trinajstić information content (AvgIpc) is 3.46. The fourth-order valence-electron chi connectivity index (χ4n) is 3.14. The van der Waals surface area contributed by atoms with Crippen molar-refractivity contribution in [2.45, 2.75) is 6.54 Å². The number of hydrogen-bond donors (Lipinski definition) is 1. The van der Waals surface area contributed by atoms with Gasteiger partial charge >= 0.3 is 0 Å². The molecule has 4 heterocycles. The van der Waals surface area contributed by atoms with E-state index in [9.17, 15) is 9.59 Å². The minimum Gasteiger partial charge on any atom is -0.467 e. The molecule has 0 aromatic carbocycles. The number of piperazine rings is 1. The highest BCUT2D eigenvalue weighted by molar-refractivity contribution is 5.93. The van der Waals surface area contributed by atoms with Crippen LogP contribution in [0.3, 0.4) is 0 Å². The van der Waals surface area contributed by atoms with Gasteiger partial charge in [-0.1, -0.05) is 0 Å². The van der Waals surface area contributed by atoms with Gasteiger partial charge in [-0.2, -0.15) is 0 Å². The molecule has 1 fully saturated rings. The van der Waals surface area contributed by atoms with Crippen LogP contribution in [0.4, 0.5) is 5.69 Å². The molecular weight excluding hydrogens is 360 g/mol. The number of anilines is 1. The highest BCUT2D eigenvalue weighted by Gasteiger charge is 2.24. The van der Waals surface area contributed by atoms with E-state index in [0.29, 0.717) is 49.9 Å². The molecule has 0 atom stereocenters. The van der Waals surface area contributed by atoms with Crippen LogP contribution < -0.4 is 10.2 Å². The normalized spacial score (nSPS) is 14.1. The number of hydrogen-bond acceptors (Lipinski definition) is 6. The molecule has 0 unspecified atom stereocenters. The third-order valence-corrected chi connectivity index (χ3v) is 4.64. The molecule has 1 aliphatic heterocycles. The molecule has 3 aromatic heterocycles. The van der Waals surface area contributed by atoms with Gasteiger partial charge in [-0.3, -0.25) is 14.6 Å².